The maximum atomic E-state index is 12.7. The SMILES string of the molecule is CCCCCCCCCCCCCC(=O)OCc1csc([C@H](Cc2ccc(OCc3ccccc3)cc2)NC(=O)OC(C)(C)C)n1. The second-order valence-electron chi connectivity index (χ2n) is 12.9. The summed E-state index contributed by atoms with van der Waals surface area (Å²) in [5, 5.41) is 5.60. The number of thiazole rings is 1. The van der Waals surface area contributed by atoms with Gasteiger partial charge < -0.3 is 19.5 Å². The number of carbonyl (C=O) groups excluding carboxylic acids is 2. The number of benzene rings is 2. The zero-order valence-corrected chi connectivity index (χ0v) is 29.2. The van der Waals surface area contributed by atoms with Crippen LogP contribution in [0.1, 0.15) is 133 Å². The highest BCUT2D eigenvalue weighted by molar-refractivity contribution is 7.09. The van der Waals surface area contributed by atoms with Gasteiger partial charge in [0.1, 0.15) is 29.6 Å². The van der Waals surface area contributed by atoms with Gasteiger partial charge in [-0.2, -0.15) is 0 Å². The lowest BCUT2D eigenvalue weighted by Gasteiger charge is -2.23. The van der Waals surface area contributed by atoms with Gasteiger partial charge in [0, 0.05) is 11.8 Å². The lowest BCUT2D eigenvalue weighted by Crippen LogP contribution is -2.35. The average molecular weight is 651 g/mol. The Morgan fingerprint density at radius 1 is 0.804 bits per heavy atom. The molecule has 8 heteroatoms. The largest absolute Gasteiger partial charge is 0.489 e. The number of rotatable bonds is 21. The van der Waals surface area contributed by atoms with Crippen molar-refractivity contribution in [1.82, 2.24) is 10.3 Å². The maximum absolute atomic E-state index is 12.7. The molecule has 3 rings (SSSR count). The fraction of sp³-hybridized carbons (Fsp3) is 0.553. The first-order chi connectivity index (χ1) is 22.2. The van der Waals surface area contributed by atoms with E-state index in [1.807, 2.05) is 80.7 Å². The topological polar surface area (TPSA) is 86.8 Å². The van der Waals surface area contributed by atoms with Crippen LogP contribution in [0.4, 0.5) is 4.79 Å². The van der Waals surface area contributed by atoms with Crippen molar-refractivity contribution in [3.63, 3.8) is 0 Å². The monoisotopic (exact) mass is 650 g/mol. The summed E-state index contributed by atoms with van der Waals surface area (Å²) in [5.74, 6) is 0.583. The molecule has 1 heterocycles. The van der Waals surface area contributed by atoms with Crippen LogP contribution < -0.4 is 10.1 Å². The lowest BCUT2D eigenvalue weighted by atomic mass is 10.1. The van der Waals surface area contributed by atoms with Gasteiger partial charge in [0.2, 0.25) is 0 Å². The molecule has 0 aliphatic heterocycles. The Kier molecular flexibility index (Phi) is 16.7. The Hall–Kier alpha value is -3.39. The van der Waals surface area contributed by atoms with E-state index in [0.717, 1.165) is 34.7 Å². The number of unbranched alkanes of at least 4 members (excludes halogenated alkanes) is 10. The molecule has 7 nitrogen and oxygen atoms in total. The Labute approximate surface area is 280 Å². The predicted molar refractivity (Wildman–Crippen MR) is 186 cm³/mol. The molecule has 3 aromatic rings. The number of hydrogen-bond donors (Lipinski definition) is 1. The third-order valence-corrected chi connectivity index (χ3v) is 8.54. The summed E-state index contributed by atoms with van der Waals surface area (Å²) < 4.78 is 17.0. The second kappa shape index (κ2) is 20.7. The van der Waals surface area contributed by atoms with Crippen molar-refractivity contribution in [2.45, 2.75) is 136 Å². The Bertz CT molecular complexity index is 1270. The summed E-state index contributed by atoms with van der Waals surface area (Å²) in [5.41, 5.74) is 2.17. The van der Waals surface area contributed by atoms with Crippen molar-refractivity contribution >= 4 is 23.4 Å². The first-order valence-corrected chi connectivity index (χ1v) is 17.9. The Balaban J connectivity index is 1.45. The molecule has 0 spiro atoms. The van der Waals surface area contributed by atoms with Gasteiger partial charge in [-0.05, 0) is 56.9 Å². The van der Waals surface area contributed by atoms with Gasteiger partial charge in [-0.3, -0.25) is 4.79 Å². The molecule has 1 amide bonds. The summed E-state index contributed by atoms with van der Waals surface area (Å²) in [7, 11) is 0. The van der Waals surface area contributed by atoms with Crippen molar-refractivity contribution < 1.29 is 23.8 Å². The molecule has 0 radical (unpaired) electrons. The van der Waals surface area contributed by atoms with E-state index in [-0.39, 0.29) is 12.6 Å². The highest BCUT2D eigenvalue weighted by Gasteiger charge is 2.23. The zero-order valence-electron chi connectivity index (χ0n) is 28.4. The lowest BCUT2D eigenvalue weighted by molar-refractivity contribution is -0.145. The standard InChI is InChI=1S/C38H54N2O5S/c1-5-6-7-8-9-10-11-12-13-14-18-21-35(41)44-28-32-29-46-36(39-32)34(40-37(42)45-38(2,3)4)26-30-22-24-33(25-23-30)43-27-31-19-16-15-17-20-31/h15-17,19-20,22-25,29,34H,5-14,18,21,26-28H2,1-4H3,(H,40,42)/t34-/m0/s1. The molecule has 46 heavy (non-hydrogen) atoms. The number of alkyl carbamates (subject to hydrolysis) is 1. The quantitative estimate of drug-likeness (QED) is 0.0912. The van der Waals surface area contributed by atoms with E-state index in [4.69, 9.17) is 19.2 Å². The molecule has 0 aliphatic carbocycles. The minimum Gasteiger partial charge on any atom is -0.489 e. The van der Waals surface area contributed by atoms with Gasteiger partial charge in [0.15, 0.2) is 0 Å². The van der Waals surface area contributed by atoms with Crippen LogP contribution in [0.25, 0.3) is 0 Å². The Morgan fingerprint density at radius 3 is 2.07 bits per heavy atom. The van der Waals surface area contributed by atoms with Crippen molar-refractivity contribution in [2.24, 2.45) is 0 Å². The molecular weight excluding hydrogens is 596 g/mol. The third kappa shape index (κ3) is 15.7. The Morgan fingerprint density at radius 2 is 1.43 bits per heavy atom. The van der Waals surface area contributed by atoms with Crippen molar-refractivity contribution in [2.75, 3.05) is 0 Å². The number of nitrogens with one attached hydrogen (secondary N) is 1. The first kappa shape index (κ1) is 37.1. The minimum atomic E-state index is -0.623. The number of carbonyl (C=O) groups is 2. The minimum absolute atomic E-state index is 0.125. The van der Waals surface area contributed by atoms with Crippen LogP contribution >= 0.6 is 11.3 Å². The number of hydrogen-bond acceptors (Lipinski definition) is 7. The van der Waals surface area contributed by atoms with Crippen LogP contribution in [-0.2, 0) is 33.9 Å². The highest BCUT2D eigenvalue weighted by atomic mass is 32.1. The molecule has 2 aromatic carbocycles. The fourth-order valence-corrected chi connectivity index (χ4v) is 5.91. The van der Waals surface area contributed by atoms with E-state index in [9.17, 15) is 9.59 Å². The summed E-state index contributed by atoms with van der Waals surface area (Å²) in [6.45, 7) is 8.38. The van der Waals surface area contributed by atoms with Gasteiger partial charge in [-0.25, -0.2) is 9.78 Å². The molecule has 0 saturated carbocycles. The summed E-state index contributed by atoms with van der Waals surface area (Å²) >= 11 is 1.44. The molecule has 0 fully saturated rings. The summed E-state index contributed by atoms with van der Waals surface area (Å²) in [4.78, 5) is 29.8. The molecule has 0 unspecified atom stereocenters. The average Bonchev–Trinajstić information content (AvgIpc) is 3.51. The van der Waals surface area contributed by atoms with Crippen LogP contribution in [-0.4, -0.2) is 22.6 Å². The van der Waals surface area contributed by atoms with Crippen LogP contribution in [0.2, 0.25) is 0 Å². The first-order valence-electron chi connectivity index (χ1n) is 17.1. The predicted octanol–water partition coefficient (Wildman–Crippen LogP) is 10.3. The van der Waals surface area contributed by atoms with Crippen LogP contribution in [0.3, 0.4) is 0 Å². The number of nitrogens with zero attached hydrogens (tertiary/aromatic N) is 1. The van der Waals surface area contributed by atoms with Crippen LogP contribution in [0.5, 0.6) is 5.75 Å². The summed E-state index contributed by atoms with van der Waals surface area (Å²) in [6.07, 6.45) is 14.1. The van der Waals surface area contributed by atoms with Crippen LogP contribution in [0, 0.1) is 0 Å². The highest BCUT2D eigenvalue weighted by Crippen LogP contribution is 2.25. The van der Waals surface area contributed by atoms with Gasteiger partial charge in [0.05, 0.1) is 11.7 Å². The number of amides is 1. The number of ether oxygens (including phenoxy) is 3. The van der Waals surface area contributed by atoms with E-state index in [2.05, 4.69) is 12.2 Å². The fourth-order valence-electron chi connectivity index (χ4n) is 5.06. The molecule has 1 N–H and O–H groups in total. The van der Waals surface area contributed by atoms with E-state index in [0.29, 0.717) is 25.1 Å². The second-order valence-corrected chi connectivity index (χ2v) is 13.8. The normalized spacial score (nSPS) is 12.0. The third-order valence-electron chi connectivity index (χ3n) is 7.54. The van der Waals surface area contributed by atoms with Gasteiger partial charge in [0.25, 0.3) is 0 Å². The molecule has 0 aliphatic rings. The van der Waals surface area contributed by atoms with E-state index >= 15 is 0 Å². The summed E-state index contributed by atoms with van der Waals surface area (Å²) in [6, 6.07) is 17.5. The molecule has 0 bridgehead atoms. The van der Waals surface area contributed by atoms with Gasteiger partial charge >= 0.3 is 12.1 Å². The van der Waals surface area contributed by atoms with E-state index < -0.39 is 17.7 Å². The molecular formula is C38H54N2O5S. The van der Waals surface area contributed by atoms with Crippen molar-refractivity contribution in [1.29, 1.82) is 0 Å². The maximum Gasteiger partial charge on any atom is 0.408 e. The smallest absolute Gasteiger partial charge is 0.408 e. The molecule has 1 atom stereocenters. The van der Waals surface area contributed by atoms with Crippen LogP contribution in [0.15, 0.2) is 60.0 Å². The van der Waals surface area contributed by atoms with Gasteiger partial charge in [-0.1, -0.05) is 114 Å². The van der Waals surface area contributed by atoms with Gasteiger partial charge in [-0.15, -0.1) is 11.3 Å². The van der Waals surface area contributed by atoms with Crippen molar-refractivity contribution in [3.8, 4) is 5.75 Å². The van der Waals surface area contributed by atoms with Crippen molar-refractivity contribution in [3.05, 3.63) is 81.8 Å². The van der Waals surface area contributed by atoms with E-state index in [1.165, 1.54) is 69.1 Å². The molecule has 1 aromatic heterocycles. The molecule has 0 saturated heterocycles. The van der Waals surface area contributed by atoms with E-state index in [1.54, 1.807) is 0 Å². The number of aromatic nitrogens is 1. The number of esters is 1. The zero-order chi connectivity index (χ0) is 33.0. The molecule has 252 valence electrons.